The number of hydrogen-bond donors (Lipinski definition) is 1. The molecule has 8 heteroatoms. The molecule has 0 aliphatic heterocycles. The number of aromatic nitrogens is 2. The summed E-state index contributed by atoms with van der Waals surface area (Å²) in [5, 5.41) is 14.7. The Kier molecular flexibility index (Phi) is 4.43. The van der Waals surface area contributed by atoms with Crippen molar-refractivity contribution in [3.8, 4) is 0 Å². The minimum absolute atomic E-state index is 0.0417. The van der Waals surface area contributed by atoms with Gasteiger partial charge in [-0.25, -0.2) is 9.97 Å². The van der Waals surface area contributed by atoms with Gasteiger partial charge in [-0.2, -0.15) is 0 Å². The van der Waals surface area contributed by atoms with Crippen molar-refractivity contribution >= 4 is 38.8 Å². The third-order valence-corrected chi connectivity index (χ3v) is 4.14. The Labute approximate surface area is 122 Å². The Balaban J connectivity index is 2.05. The van der Waals surface area contributed by atoms with Gasteiger partial charge in [-0.3, -0.25) is 10.1 Å². The molecule has 0 radical (unpaired) electrons. The van der Waals surface area contributed by atoms with Crippen molar-refractivity contribution in [2.45, 2.75) is 19.9 Å². The van der Waals surface area contributed by atoms with Crippen molar-refractivity contribution < 1.29 is 4.92 Å². The highest BCUT2D eigenvalue weighted by Gasteiger charge is 2.10. The van der Waals surface area contributed by atoms with Crippen LogP contribution < -0.4 is 5.32 Å². The first kappa shape index (κ1) is 13.9. The Morgan fingerprint density at radius 2 is 2.26 bits per heavy atom. The molecule has 0 atom stereocenters. The zero-order chi connectivity index (χ0) is 13.8. The second kappa shape index (κ2) is 6.07. The molecule has 0 bridgehead atoms. The fourth-order valence-electron chi connectivity index (χ4n) is 1.41. The van der Waals surface area contributed by atoms with E-state index in [4.69, 9.17) is 0 Å². The van der Waals surface area contributed by atoms with E-state index in [1.165, 1.54) is 17.1 Å². The molecule has 2 rings (SSSR count). The van der Waals surface area contributed by atoms with Gasteiger partial charge in [0.05, 0.1) is 15.9 Å². The molecular weight excluding hydrogens is 332 g/mol. The molecule has 6 nitrogen and oxygen atoms in total. The van der Waals surface area contributed by atoms with Gasteiger partial charge in [-0.05, 0) is 22.4 Å². The number of hydrogen-bond acceptors (Lipinski definition) is 6. The molecule has 19 heavy (non-hydrogen) atoms. The number of rotatable bonds is 5. The summed E-state index contributed by atoms with van der Waals surface area (Å²) < 4.78 is 0.564. The molecule has 0 aromatic carbocycles. The lowest BCUT2D eigenvalue weighted by atomic mass is 10.4. The maximum atomic E-state index is 10.6. The number of anilines is 1. The summed E-state index contributed by atoms with van der Waals surface area (Å²) in [6.45, 7) is 2.63. The van der Waals surface area contributed by atoms with Gasteiger partial charge in [0.1, 0.15) is 17.0 Å². The summed E-state index contributed by atoms with van der Waals surface area (Å²) in [5.41, 5.74) is -0.0417. The van der Waals surface area contributed by atoms with Crippen molar-refractivity contribution in [2.75, 3.05) is 5.32 Å². The highest BCUT2D eigenvalue weighted by atomic mass is 79.9. The standard InChI is InChI=1S/C11H11BrN4O2S/c1-2-8-5-13-10(19-8)6-15-11-9(12)3-7(4-14-11)16(17)18/h3-5H,2,6H2,1H3,(H,14,15). The van der Waals surface area contributed by atoms with E-state index >= 15 is 0 Å². The first-order chi connectivity index (χ1) is 9.10. The normalized spacial score (nSPS) is 10.4. The SMILES string of the molecule is CCc1cnc(CNc2ncc([N+](=O)[O-])cc2Br)s1. The van der Waals surface area contributed by atoms with Gasteiger partial charge >= 0.3 is 0 Å². The molecule has 2 heterocycles. The van der Waals surface area contributed by atoms with Gasteiger partial charge in [0.2, 0.25) is 0 Å². The summed E-state index contributed by atoms with van der Waals surface area (Å²) in [7, 11) is 0. The quantitative estimate of drug-likeness (QED) is 0.665. The molecule has 0 spiro atoms. The van der Waals surface area contributed by atoms with Crippen LogP contribution in [0.5, 0.6) is 0 Å². The molecule has 0 amide bonds. The molecule has 0 unspecified atom stereocenters. The third kappa shape index (κ3) is 3.48. The summed E-state index contributed by atoms with van der Waals surface area (Å²) in [6, 6.07) is 1.43. The van der Waals surface area contributed by atoms with Crippen molar-refractivity contribution in [3.05, 3.63) is 42.9 Å². The van der Waals surface area contributed by atoms with Gasteiger partial charge in [0, 0.05) is 17.1 Å². The van der Waals surface area contributed by atoms with Gasteiger partial charge in [0.25, 0.3) is 5.69 Å². The molecule has 0 saturated carbocycles. The van der Waals surface area contributed by atoms with Crippen LogP contribution in [0.3, 0.4) is 0 Å². The lowest BCUT2D eigenvalue weighted by Gasteiger charge is -2.05. The maximum absolute atomic E-state index is 10.6. The number of aryl methyl sites for hydroxylation is 1. The second-order valence-electron chi connectivity index (χ2n) is 3.71. The zero-order valence-electron chi connectivity index (χ0n) is 10.1. The summed E-state index contributed by atoms with van der Waals surface area (Å²) in [5.74, 6) is 0.568. The van der Waals surface area contributed by atoms with Crippen molar-refractivity contribution in [1.29, 1.82) is 0 Å². The van der Waals surface area contributed by atoms with Gasteiger partial charge in [0.15, 0.2) is 0 Å². The number of thiazole rings is 1. The van der Waals surface area contributed by atoms with Crippen LogP contribution in [0.15, 0.2) is 22.9 Å². The smallest absolute Gasteiger partial charge is 0.288 e. The van der Waals surface area contributed by atoms with Crippen LogP contribution in [0.4, 0.5) is 11.5 Å². The fourth-order valence-corrected chi connectivity index (χ4v) is 2.69. The highest BCUT2D eigenvalue weighted by molar-refractivity contribution is 9.10. The van der Waals surface area contributed by atoms with Crippen LogP contribution in [0.1, 0.15) is 16.8 Å². The largest absolute Gasteiger partial charge is 0.363 e. The van der Waals surface area contributed by atoms with Crippen LogP contribution in [0.2, 0.25) is 0 Å². The topological polar surface area (TPSA) is 81.0 Å². The zero-order valence-corrected chi connectivity index (χ0v) is 12.5. The van der Waals surface area contributed by atoms with E-state index in [0.29, 0.717) is 16.8 Å². The molecule has 0 fully saturated rings. The Bertz CT molecular complexity index is 602. The first-order valence-corrected chi connectivity index (χ1v) is 7.18. The predicted octanol–water partition coefficient (Wildman–Crippen LogP) is 3.38. The average molecular weight is 343 g/mol. The maximum Gasteiger partial charge on any atom is 0.288 e. The molecule has 0 aliphatic rings. The van der Waals surface area contributed by atoms with Crippen LogP contribution in [-0.2, 0) is 13.0 Å². The van der Waals surface area contributed by atoms with Crippen molar-refractivity contribution in [3.63, 3.8) is 0 Å². The van der Waals surface area contributed by atoms with E-state index in [1.807, 2.05) is 6.20 Å². The van der Waals surface area contributed by atoms with Crippen LogP contribution in [-0.4, -0.2) is 14.9 Å². The lowest BCUT2D eigenvalue weighted by Crippen LogP contribution is -2.02. The van der Waals surface area contributed by atoms with Crippen molar-refractivity contribution in [1.82, 2.24) is 9.97 Å². The molecule has 2 aromatic rings. The summed E-state index contributed by atoms with van der Waals surface area (Å²) in [4.78, 5) is 19.6. The summed E-state index contributed by atoms with van der Waals surface area (Å²) in [6.07, 6.45) is 4.06. The number of halogens is 1. The van der Waals surface area contributed by atoms with E-state index in [-0.39, 0.29) is 5.69 Å². The van der Waals surface area contributed by atoms with Crippen LogP contribution in [0.25, 0.3) is 0 Å². The molecule has 2 aromatic heterocycles. The lowest BCUT2D eigenvalue weighted by molar-refractivity contribution is -0.385. The van der Waals surface area contributed by atoms with Crippen LogP contribution in [0, 0.1) is 10.1 Å². The number of nitrogens with one attached hydrogen (secondary N) is 1. The van der Waals surface area contributed by atoms with E-state index < -0.39 is 4.92 Å². The van der Waals surface area contributed by atoms with E-state index in [9.17, 15) is 10.1 Å². The van der Waals surface area contributed by atoms with Crippen molar-refractivity contribution in [2.24, 2.45) is 0 Å². The Morgan fingerprint density at radius 3 is 2.84 bits per heavy atom. The predicted molar refractivity (Wildman–Crippen MR) is 77.4 cm³/mol. The molecule has 0 aliphatic carbocycles. The highest BCUT2D eigenvalue weighted by Crippen LogP contribution is 2.25. The molecular formula is C11H11BrN4O2S. The molecule has 1 N–H and O–H groups in total. The Morgan fingerprint density at radius 1 is 1.47 bits per heavy atom. The minimum Gasteiger partial charge on any atom is -0.363 e. The second-order valence-corrected chi connectivity index (χ2v) is 5.76. The summed E-state index contributed by atoms with van der Waals surface area (Å²) >= 11 is 4.90. The number of nitro groups is 1. The minimum atomic E-state index is -0.476. The monoisotopic (exact) mass is 342 g/mol. The van der Waals surface area contributed by atoms with Gasteiger partial charge < -0.3 is 5.32 Å². The van der Waals surface area contributed by atoms with E-state index in [0.717, 1.165) is 11.4 Å². The fraction of sp³-hybridized carbons (Fsp3) is 0.273. The third-order valence-electron chi connectivity index (χ3n) is 2.39. The van der Waals surface area contributed by atoms with Crippen LogP contribution >= 0.6 is 27.3 Å². The van der Waals surface area contributed by atoms with Gasteiger partial charge in [-0.1, -0.05) is 6.92 Å². The first-order valence-electron chi connectivity index (χ1n) is 5.57. The Hall–Kier alpha value is -1.54. The van der Waals surface area contributed by atoms with Gasteiger partial charge in [-0.15, -0.1) is 11.3 Å². The molecule has 0 saturated heterocycles. The molecule has 100 valence electrons. The number of nitrogens with zero attached hydrogens (tertiary/aromatic N) is 3. The number of pyridine rings is 1. The average Bonchev–Trinajstić information content (AvgIpc) is 2.85. The van der Waals surface area contributed by atoms with E-state index in [1.54, 1.807) is 11.3 Å². The van der Waals surface area contributed by atoms with E-state index in [2.05, 4.69) is 38.1 Å².